The van der Waals surface area contributed by atoms with Gasteiger partial charge >= 0.3 is 0 Å². The summed E-state index contributed by atoms with van der Waals surface area (Å²) < 4.78 is 5.33. The first-order valence-corrected chi connectivity index (χ1v) is 8.73. The fourth-order valence-electron chi connectivity index (χ4n) is 1.88. The minimum absolute atomic E-state index is 0.158. The second-order valence-electron chi connectivity index (χ2n) is 4.73. The molecule has 1 N–H and O–H groups in total. The molecule has 1 heterocycles. The Morgan fingerprint density at radius 1 is 1.42 bits per heavy atom. The summed E-state index contributed by atoms with van der Waals surface area (Å²) in [4.78, 5) is 19.1. The van der Waals surface area contributed by atoms with E-state index in [1.807, 2.05) is 0 Å². The van der Waals surface area contributed by atoms with E-state index >= 15 is 0 Å². The first-order valence-electron chi connectivity index (χ1n) is 7.54. The Morgan fingerprint density at radius 3 is 2.88 bits per heavy atom. The molecular formula is C16H19ClN4O2S. The average molecular weight is 367 g/mol. The number of carbonyl (C=O) groups excluding carboxylic acids is 1. The van der Waals surface area contributed by atoms with Crippen LogP contribution in [-0.4, -0.2) is 36.8 Å². The first-order chi connectivity index (χ1) is 11.6. The molecule has 0 aliphatic heterocycles. The van der Waals surface area contributed by atoms with Crippen molar-refractivity contribution in [2.45, 2.75) is 13.8 Å². The number of carbonyl (C=O) groups is 1. The van der Waals surface area contributed by atoms with Gasteiger partial charge in [0.05, 0.1) is 16.1 Å². The summed E-state index contributed by atoms with van der Waals surface area (Å²) >= 11 is 7.47. The number of nitrogens with zero attached hydrogens (tertiary/aromatic N) is 3. The van der Waals surface area contributed by atoms with Crippen molar-refractivity contribution >= 4 is 40.2 Å². The highest BCUT2D eigenvalue weighted by atomic mass is 35.5. The summed E-state index contributed by atoms with van der Waals surface area (Å²) in [6.07, 6.45) is 3.30. The summed E-state index contributed by atoms with van der Waals surface area (Å²) in [5.41, 5.74) is 2.42. The van der Waals surface area contributed by atoms with E-state index in [0.717, 1.165) is 23.1 Å². The molecule has 0 fully saturated rings. The molecule has 0 aliphatic carbocycles. The Morgan fingerprint density at radius 2 is 2.17 bits per heavy atom. The van der Waals surface area contributed by atoms with Gasteiger partial charge in [-0.3, -0.25) is 4.79 Å². The fraction of sp³-hybridized carbons (Fsp3) is 0.312. The van der Waals surface area contributed by atoms with Crippen molar-refractivity contribution in [3.63, 3.8) is 0 Å². The van der Waals surface area contributed by atoms with E-state index < -0.39 is 0 Å². The monoisotopic (exact) mass is 366 g/mol. The van der Waals surface area contributed by atoms with Gasteiger partial charge in [0.2, 0.25) is 0 Å². The molecule has 0 spiro atoms. The second kappa shape index (κ2) is 9.24. The molecule has 0 aliphatic rings. The highest BCUT2D eigenvalue weighted by molar-refractivity contribution is 7.17. The zero-order valence-corrected chi connectivity index (χ0v) is 15.1. The molecule has 2 aromatic rings. The summed E-state index contributed by atoms with van der Waals surface area (Å²) in [5, 5.41) is 5.32. The summed E-state index contributed by atoms with van der Waals surface area (Å²) in [6, 6.07) is 6.98. The summed E-state index contributed by atoms with van der Waals surface area (Å²) in [7, 11) is 0. The van der Waals surface area contributed by atoms with Gasteiger partial charge in [0.1, 0.15) is 5.75 Å². The fourth-order valence-corrected chi connectivity index (χ4v) is 2.99. The van der Waals surface area contributed by atoms with Crippen LogP contribution in [0.2, 0.25) is 5.02 Å². The molecule has 1 aromatic heterocycles. The van der Waals surface area contributed by atoms with E-state index in [2.05, 4.69) is 34.3 Å². The highest BCUT2D eigenvalue weighted by Crippen LogP contribution is 2.23. The van der Waals surface area contributed by atoms with E-state index in [0.29, 0.717) is 10.8 Å². The van der Waals surface area contributed by atoms with Gasteiger partial charge in [-0.15, -0.1) is 0 Å². The highest BCUT2D eigenvalue weighted by Gasteiger charge is 2.07. The maximum absolute atomic E-state index is 11.7. The number of amides is 1. The summed E-state index contributed by atoms with van der Waals surface area (Å²) in [6.45, 7) is 5.80. The molecule has 2 rings (SSSR count). The molecule has 0 unspecified atom stereocenters. The van der Waals surface area contributed by atoms with Crippen LogP contribution in [0.5, 0.6) is 5.75 Å². The predicted molar refractivity (Wildman–Crippen MR) is 98.4 cm³/mol. The third kappa shape index (κ3) is 5.21. The Bertz CT molecular complexity index is 701. The van der Waals surface area contributed by atoms with Crippen molar-refractivity contribution < 1.29 is 9.53 Å². The lowest BCUT2D eigenvalue weighted by atomic mass is 10.3. The van der Waals surface area contributed by atoms with Crippen molar-refractivity contribution in [2.24, 2.45) is 5.10 Å². The van der Waals surface area contributed by atoms with E-state index in [1.165, 1.54) is 11.3 Å². The number of aromatic nitrogens is 1. The Kier molecular flexibility index (Phi) is 7.02. The first kappa shape index (κ1) is 18.2. The topological polar surface area (TPSA) is 66.8 Å². The van der Waals surface area contributed by atoms with E-state index in [1.54, 1.807) is 36.7 Å². The van der Waals surface area contributed by atoms with Gasteiger partial charge in [-0.05, 0) is 26.0 Å². The minimum Gasteiger partial charge on any atom is -0.482 e. The SMILES string of the molecule is CCN(CC)c1ncc(/C=N\NC(=O)COc2ccccc2Cl)s1. The van der Waals surface area contributed by atoms with Crippen molar-refractivity contribution in [3.05, 3.63) is 40.4 Å². The number of nitrogens with one attached hydrogen (secondary N) is 1. The van der Waals surface area contributed by atoms with Crippen molar-refractivity contribution in [1.29, 1.82) is 0 Å². The molecule has 0 saturated heterocycles. The van der Waals surface area contributed by atoms with Crippen molar-refractivity contribution in [3.8, 4) is 5.75 Å². The molecule has 6 nitrogen and oxygen atoms in total. The zero-order chi connectivity index (χ0) is 17.4. The van der Waals surface area contributed by atoms with Crippen LogP contribution in [0.3, 0.4) is 0 Å². The van der Waals surface area contributed by atoms with Gasteiger partial charge in [0.25, 0.3) is 5.91 Å². The molecular weight excluding hydrogens is 348 g/mol. The van der Waals surface area contributed by atoms with Gasteiger partial charge in [-0.2, -0.15) is 5.10 Å². The largest absolute Gasteiger partial charge is 0.482 e. The Labute approximate surface area is 150 Å². The van der Waals surface area contributed by atoms with Crippen LogP contribution in [0.15, 0.2) is 35.6 Å². The third-order valence-electron chi connectivity index (χ3n) is 3.12. The van der Waals surface area contributed by atoms with Gasteiger partial charge in [0.15, 0.2) is 11.7 Å². The molecule has 24 heavy (non-hydrogen) atoms. The molecule has 1 aromatic carbocycles. The molecule has 128 valence electrons. The Hall–Kier alpha value is -2.12. The minimum atomic E-state index is -0.361. The molecule has 0 saturated carbocycles. The second-order valence-corrected chi connectivity index (χ2v) is 6.18. The van der Waals surface area contributed by atoms with Crippen LogP contribution in [0.25, 0.3) is 0 Å². The number of anilines is 1. The van der Waals surface area contributed by atoms with E-state index in [-0.39, 0.29) is 12.5 Å². The van der Waals surface area contributed by atoms with E-state index in [9.17, 15) is 4.79 Å². The van der Waals surface area contributed by atoms with Crippen molar-refractivity contribution in [2.75, 3.05) is 24.6 Å². The van der Waals surface area contributed by atoms with Crippen LogP contribution in [-0.2, 0) is 4.79 Å². The number of hydrazone groups is 1. The van der Waals surface area contributed by atoms with Crippen molar-refractivity contribution in [1.82, 2.24) is 10.4 Å². The average Bonchev–Trinajstić information content (AvgIpc) is 3.04. The molecule has 8 heteroatoms. The standard InChI is InChI=1S/C16H19ClN4O2S/c1-3-21(4-2)16-18-9-12(24-16)10-19-20-15(22)11-23-14-8-6-5-7-13(14)17/h5-10H,3-4,11H2,1-2H3,(H,20,22)/b19-10-. The number of para-hydroxylation sites is 1. The van der Waals surface area contributed by atoms with Crippen LogP contribution in [0, 0.1) is 0 Å². The predicted octanol–water partition coefficient (Wildman–Crippen LogP) is 3.17. The molecule has 0 radical (unpaired) electrons. The number of hydrogen-bond donors (Lipinski definition) is 1. The summed E-state index contributed by atoms with van der Waals surface area (Å²) in [5.74, 6) is 0.101. The molecule has 0 atom stereocenters. The lowest BCUT2D eigenvalue weighted by Gasteiger charge is -2.16. The third-order valence-corrected chi connectivity index (χ3v) is 4.43. The quantitative estimate of drug-likeness (QED) is 0.575. The lowest BCUT2D eigenvalue weighted by Crippen LogP contribution is -2.24. The van der Waals surface area contributed by atoms with Gasteiger partial charge < -0.3 is 9.64 Å². The van der Waals surface area contributed by atoms with Crippen LogP contribution in [0.4, 0.5) is 5.13 Å². The van der Waals surface area contributed by atoms with Gasteiger partial charge in [-0.25, -0.2) is 10.4 Å². The normalized spacial score (nSPS) is 10.8. The van der Waals surface area contributed by atoms with Gasteiger partial charge in [-0.1, -0.05) is 35.1 Å². The number of ether oxygens (including phenoxy) is 1. The maximum Gasteiger partial charge on any atom is 0.277 e. The van der Waals surface area contributed by atoms with Crippen LogP contribution >= 0.6 is 22.9 Å². The number of rotatable bonds is 8. The van der Waals surface area contributed by atoms with Crippen LogP contribution in [0.1, 0.15) is 18.7 Å². The van der Waals surface area contributed by atoms with E-state index in [4.69, 9.17) is 16.3 Å². The zero-order valence-electron chi connectivity index (χ0n) is 13.5. The number of hydrogen-bond acceptors (Lipinski definition) is 6. The van der Waals surface area contributed by atoms with Gasteiger partial charge in [0, 0.05) is 19.3 Å². The number of benzene rings is 1. The molecule has 0 bridgehead atoms. The smallest absolute Gasteiger partial charge is 0.277 e. The number of halogens is 1. The Balaban J connectivity index is 1.81. The maximum atomic E-state index is 11.7. The van der Waals surface area contributed by atoms with Crippen LogP contribution < -0.4 is 15.1 Å². The lowest BCUT2D eigenvalue weighted by molar-refractivity contribution is -0.123. The number of thiazole rings is 1. The molecule has 1 amide bonds.